The molecule has 1 fully saturated rings. The molecule has 3 heterocycles. The average Bonchev–Trinajstić information content (AvgIpc) is 3.47. The van der Waals surface area contributed by atoms with Crippen LogP contribution in [0.2, 0.25) is 0 Å². The molecule has 2 atom stereocenters. The summed E-state index contributed by atoms with van der Waals surface area (Å²) >= 11 is 0. The molecule has 1 aliphatic rings. The number of nitrogens with zero attached hydrogens (tertiary/aromatic N) is 3. The average molecular weight is 464 g/mol. The Hall–Kier alpha value is -3.23. The molecule has 168 valence electrons. The first-order chi connectivity index (χ1) is 16.0. The van der Waals surface area contributed by atoms with Crippen LogP contribution in [0.4, 0.5) is 4.39 Å². The standard InChI is InChI=1S/C25H22FN3O3S/c1-33(31)24-14-29(25-27-12-18(13-28-25)19-4-2-3-5-21(19)26)22-11-17(6-7-20(22)24)23(30)10-16-8-9-32-15-16/h2-7,11-14,16H,8-10,15H2,1H3. The molecule has 0 saturated carbocycles. The lowest BCUT2D eigenvalue weighted by Crippen LogP contribution is -2.09. The normalized spacial score (nSPS) is 16.8. The summed E-state index contributed by atoms with van der Waals surface area (Å²) in [6, 6.07) is 11.9. The Labute approximate surface area is 192 Å². The monoisotopic (exact) mass is 463 g/mol. The molecular weight excluding hydrogens is 441 g/mol. The molecule has 4 aromatic rings. The lowest BCUT2D eigenvalue weighted by molar-refractivity contribution is 0.0953. The lowest BCUT2D eigenvalue weighted by Gasteiger charge is -2.08. The van der Waals surface area contributed by atoms with E-state index in [1.807, 2.05) is 6.07 Å². The molecule has 8 heteroatoms. The van der Waals surface area contributed by atoms with E-state index in [-0.39, 0.29) is 17.5 Å². The van der Waals surface area contributed by atoms with Gasteiger partial charge in [0.15, 0.2) is 5.78 Å². The molecular formula is C25H22FN3O3S. The van der Waals surface area contributed by atoms with Gasteiger partial charge in [0.05, 0.1) is 21.2 Å². The maximum absolute atomic E-state index is 14.1. The van der Waals surface area contributed by atoms with E-state index in [1.165, 1.54) is 6.07 Å². The summed E-state index contributed by atoms with van der Waals surface area (Å²) in [4.78, 5) is 22.4. The van der Waals surface area contributed by atoms with Gasteiger partial charge in [0.25, 0.3) is 0 Å². The van der Waals surface area contributed by atoms with E-state index in [2.05, 4.69) is 9.97 Å². The molecule has 2 aromatic carbocycles. The Balaban J connectivity index is 1.54. The third kappa shape index (κ3) is 4.24. The number of ether oxygens (including phenoxy) is 1. The van der Waals surface area contributed by atoms with Gasteiger partial charge in [-0.2, -0.15) is 0 Å². The van der Waals surface area contributed by atoms with Gasteiger partial charge in [0.2, 0.25) is 5.95 Å². The number of benzene rings is 2. The zero-order valence-electron chi connectivity index (χ0n) is 18.0. The van der Waals surface area contributed by atoms with Crippen LogP contribution in [-0.2, 0) is 15.5 Å². The third-order valence-electron chi connectivity index (χ3n) is 5.94. The van der Waals surface area contributed by atoms with Gasteiger partial charge >= 0.3 is 0 Å². The summed E-state index contributed by atoms with van der Waals surface area (Å²) in [6.45, 7) is 1.32. The lowest BCUT2D eigenvalue weighted by atomic mass is 9.97. The maximum Gasteiger partial charge on any atom is 0.234 e. The van der Waals surface area contributed by atoms with Crippen molar-refractivity contribution < 1.29 is 18.1 Å². The van der Waals surface area contributed by atoms with Crippen LogP contribution in [-0.4, -0.2) is 44.0 Å². The van der Waals surface area contributed by atoms with Crippen LogP contribution < -0.4 is 0 Å². The Morgan fingerprint density at radius 3 is 2.70 bits per heavy atom. The summed E-state index contributed by atoms with van der Waals surface area (Å²) in [5.41, 5.74) is 2.26. The minimum absolute atomic E-state index is 0.0511. The van der Waals surface area contributed by atoms with Gasteiger partial charge in [-0.3, -0.25) is 13.6 Å². The van der Waals surface area contributed by atoms with Crippen molar-refractivity contribution in [2.75, 3.05) is 19.5 Å². The minimum Gasteiger partial charge on any atom is -0.381 e. The number of ketones is 1. The molecule has 0 spiro atoms. The van der Waals surface area contributed by atoms with Crippen LogP contribution in [0.3, 0.4) is 0 Å². The van der Waals surface area contributed by atoms with Gasteiger partial charge in [0, 0.05) is 66.6 Å². The van der Waals surface area contributed by atoms with Crippen molar-refractivity contribution in [3.05, 3.63) is 72.4 Å². The number of fused-ring (bicyclic) bond motifs is 1. The van der Waals surface area contributed by atoms with Gasteiger partial charge in [-0.25, -0.2) is 14.4 Å². The predicted molar refractivity (Wildman–Crippen MR) is 124 cm³/mol. The Bertz CT molecular complexity index is 1360. The predicted octanol–water partition coefficient (Wildman–Crippen LogP) is 4.57. The van der Waals surface area contributed by atoms with Crippen molar-refractivity contribution in [2.45, 2.75) is 17.7 Å². The van der Waals surface area contributed by atoms with Crippen molar-refractivity contribution in [1.82, 2.24) is 14.5 Å². The number of hydrogen-bond donors (Lipinski definition) is 0. The quantitative estimate of drug-likeness (QED) is 0.392. The molecule has 2 unspecified atom stereocenters. The SMILES string of the molecule is CS(=O)c1cn(-c2ncc(-c3ccccc3F)cn2)c2cc(C(=O)CC3CCOC3)ccc12. The first-order valence-corrected chi connectivity index (χ1v) is 12.2. The number of aromatic nitrogens is 3. The van der Waals surface area contributed by atoms with Crippen molar-refractivity contribution in [1.29, 1.82) is 0 Å². The highest BCUT2D eigenvalue weighted by Crippen LogP contribution is 2.29. The fraction of sp³-hybridized carbons (Fsp3) is 0.240. The minimum atomic E-state index is -1.24. The van der Waals surface area contributed by atoms with E-state index in [1.54, 1.807) is 59.7 Å². The number of Topliss-reactive ketones (excluding diaryl/α,β-unsaturated/α-hetero) is 1. The third-order valence-corrected chi connectivity index (χ3v) is 6.88. The summed E-state index contributed by atoms with van der Waals surface area (Å²) in [5, 5.41) is 0.776. The molecule has 6 nitrogen and oxygen atoms in total. The summed E-state index contributed by atoms with van der Waals surface area (Å²) in [7, 11) is -1.24. The Morgan fingerprint density at radius 2 is 2.00 bits per heavy atom. The summed E-state index contributed by atoms with van der Waals surface area (Å²) in [5.74, 6) is 0.299. The van der Waals surface area contributed by atoms with E-state index >= 15 is 0 Å². The molecule has 0 aliphatic carbocycles. The van der Waals surface area contributed by atoms with Crippen LogP contribution in [0.5, 0.6) is 0 Å². The van der Waals surface area contributed by atoms with Crippen LogP contribution >= 0.6 is 0 Å². The number of carbonyl (C=O) groups excluding carboxylic acids is 1. The maximum atomic E-state index is 14.1. The van der Waals surface area contributed by atoms with Crippen LogP contribution in [0.15, 0.2) is 66.0 Å². The van der Waals surface area contributed by atoms with Crippen LogP contribution in [0.1, 0.15) is 23.2 Å². The van der Waals surface area contributed by atoms with E-state index in [9.17, 15) is 13.4 Å². The van der Waals surface area contributed by atoms with Crippen molar-refractivity contribution >= 4 is 27.5 Å². The molecule has 1 saturated heterocycles. The number of rotatable bonds is 6. The molecule has 0 radical (unpaired) electrons. The van der Waals surface area contributed by atoms with Crippen molar-refractivity contribution in [3.8, 4) is 17.1 Å². The van der Waals surface area contributed by atoms with Crippen molar-refractivity contribution in [2.24, 2.45) is 5.92 Å². The largest absolute Gasteiger partial charge is 0.381 e. The molecule has 1 aliphatic heterocycles. The molecule has 0 N–H and O–H groups in total. The highest BCUT2D eigenvalue weighted by molar-refractivity contribution is 7.84. The van der Waals surface area contributed by atoms with Crippen LogP contribution in [0.25, 0.3) is 28.0 Å². The second kappa shape index (κ2) is 8.96. The van der Waals surface area contributed by atoms with Crippen molar-refractivity contribution in [3.63, 3.8) is 0 Å². The topological polar surface area (TPSA) is 74.1 Å². The second-order valence-electron chi connectivity index (χ2n) is 8.16. The summed E-state index contributed by atoms with van der Waals surface area (Å²) < 4.78 is 33.6. The van der Waals surface area contributed by atoms with Gasteiger partial charge in [-0.1, -0.05) is 30.3 Å². The number of hydrogen-bond acceptors (Lipinski definition) is 5. The number of carbonyl (C=O) groups is 1. The fourth-order valence-electron chi connectivity index (χ4n) is 4.17. The zero-order chi connectivity index (χ0) is 22.9. The Morgan fingerprint density at radius 1 is 1.21 bits per heavy atom. The van der Waals surface area contributed by atoms with Crippen LogP contribution in [0, 0.1) is 11.7 Å². The van der Waals surface area contributed by atoms with E-state index in [0.717, 1.165) is 11.8 Å². The van der Waals surface area contributed by atoms with Gasteiger partial charge < -0.3 is 4.74 Å². The number of halogens is 1. The van der Waals surface area contributed by atoms with Gasteiger partial charge in [-0.15, -0.1) is 0 Å². The second-order valence-corrected chi connectivity index (χ2v) is 9.51. The van der Waals surface area contributed by atoms with E-state index < -0.39 is 10.8 Å². The molecule has 5 rings (SSSR count). The van der Waals surface area contributed by atoms with Gasteiger partial charge in [-0.05, 0) is 24.5 Å². The molecule has 0 bridgehead atoms. The Kier molecular flexibility index (Phi) is 5.86. The first-order valence-electron chi connectivity index (χ1n) is 10.7. The summed E-state index contributed by atoms with van der Waals surface area (Å²) in [6.07, 6.45) is 7.80. The molecule has 2 aromatic heterocycles. The fourth-order valence-corrected chi connectivity index (χ4v) is 4.90. The first kappa shape index (κ1) is 21.6. The molecule has 33 heavy (non-hydrogen) atoms. The zero-order valence-corrected chi connectivity index (χ0v) is 18.8. The van der Waals surface area contributed by atoms with E-state index in [0.29, 0.717) is 52.7 Å². The smallest absolute Gasteiger partial charge is 0.234 e. The molecule has 0 amide bonds. The highest BCUT2D eigenvalue weighted by Gasteiger charge is 2.21. The van der Waals surface area contributed by atoms with Gasteiger partial charge in [0.1, 0.15) is 5.82 Å². The van der Waals surface area contributed by atoms with E-state index in [4.69, 9.17) is 4.74 Å². The highest BCUT2D eigenvalue weighted by atomic mass is 32.2.